The van der Waals surface area contributed by atoms with E-state index in [0.717, 1.165) is 0 Å². The summed E-state index contributed by atoms with van der Waals surface area (Å²) in [6.45, 7) is 1.19. The van der Waals surface area contributed by atoms with Crippen LogP contribution in [0.1, 0.15) is 13.9 Å². The zero-order chi connectivity index (χ0) is 13.0. The van der Waals surface area contributed by atoms with Crippen molar-refractivity contribution < 1.29 is 21.2 Å². The third-order valence-corrected chi connectivity index (χ3v) is 1.85. The van der Waals surface area contributed by atoms with Crippen LogP contribution in [0.3, 0.4) is 0 Å². The summed E-state index contributed by atoms with van der Waals surface area (Å²) in [6.07, 6.45) is -1.18. The molecule has 0 spiro atoms. The third-order valence-electron chi connectivity index (χ3n) is 1.85. The smallest absolute Gasteiger partial charge is 0.326 e. The minimum atomic E-state index is -1.34. The lowest BCUT2D eigenvalue weighted by molar-refractivity contribution is -0.141. The van der Waals surface area contributed by atoms with Crippen molar-refractivity contribution in [3.05, 3.63) is 29.8 Å². The average molecular weight is 224 g/mol. The summed E-state index contributed by atoms with van der Waals surface area (Å²) in [5.74, 6) is -1.86. The number of hydrogen-bond acceptors (Lipinski definition) is 3. The number of rotatable bonds is 4. The van der Waals surface area contributed by atoms with Crippen molar-refractivity contribution in [1.29, 1.82) is 0 Å². The molecule has 0 saturated heterocycles. The summed E-state index contributed by atoms with van der Waals surface area (Å²) in [5, 5.41) is 20.4. The lowest BCUT2D eigenvalue weighted by Crippen LogP contribution is -2.41. The molecule has 0 saturated carbocycles. The van der Waals surface area contributed by atoms with Gasteiger partial charge in [0.15, 0.2) is 0 Å². The molecule has 0 heterocycles. The second kappa shape index (κ2) is 5.16. The highest BCUT2D eigenvalue weighted by atomic mass is 16.4. The van der Waals surface area contributed by atoms with E-state index in [9.17, 15) is 14.7 Å². The number of aromatic hydroxyl groups is 1. The molecule has 0 aliphatic carbocycles. The second-order valence-corrected chi connectivity index (χ2v) is 3.28. The molecule has 1 rings (SSSR count). The van der Waals surface area contributed by atoms with Gasteiger partial charge < -0.3 is 15.5 Å². The Morgan fingerprint density at radius 3 is 2.75 bits per heavy atom. The standard InChI is InChI=1S/C11H13NO4/c1-7(13)12-10(11(15)16)6-8-3-2-4-9(14)5-8/h2-5,10,14H,6H2,1H3,(H,12,13)(H,15,16)/t10-/m0/s1/i6D/t6-,10+/m1. The summed E-state index contributed by atoms with van der Waals surface area (Å²) in [6, 6.07) is 4.42. The largest absolute Gasteiger partial charge is 0.508 e. The molecule has 3 N–H and O–H groups in total. The van der Waals surface area contributed by atoms with E-state index in [-0.39, 0.29) is 5.75 Å². The highest BCUT2D eigenvalue weighted by Gasteiger charge is 2.18. The molecular formula is C11H13NO4. The van der Waals surface area contributed by atoms with Crippen LogP contribution in [0, 0.1) is 0 Å². The van der Waals surface area contributed by atoms with Gasteiger partial charge in [-0.05, 0) is 17.7 Å². The van der Waals surface area contributed by atoms with Crippen molar-refractivity contribution in [2.75, 3.05) is 0 Å². The van der Waals surface area contributed by atoms with Crippen molar-refractivity contribution in [2.45, 2.75) is 19.4 Å². The Kier molecular flexibility index (Phi) is 3.38. The Bertz CT molecular complexity index is 435. The van der Waals surface area contributed by atoms with E-state index in [4.69, 9.17) is 6.48 Å². The van der Waals surface area contributed by atoms with Crippen molar-refractivity contribution in [3.63, 3.8) is 0 Å². The molecule has 1 amide bonds. The summed E-state index contributed by atoms with van der Waals surface area (Å²) >= 11 is 0. The highest BCUT2D eigenvalue weighted by molar-refractivity contribution is 5.82. The Hall–Kier alpha value is -2.04. The number of phenols is 1. The number of phenolic OH excluding ortho intramolecular Hbond substituents is 1. The number of benzene rings is 1. The fourth-order valence-electron chi connectivity index (χ4n) is 1.21. The van der Waals surface area contributed by atoms with E-state index in [1.807, 2.05) is 0 Å². The highest BCUT2D eigenvalue weighted by Crippen LogP contribution is 2.12. The van der Waals surface area contributed by atoms with Crippen molar-refractivity contribution in [2.24, 2.45) is 0 Å². The molecular weight excluding hydrogens is 210 g/mol. The van der Waals surface area contributed by atoms with E-state index in [0.29, 0.717) is 5.56 Å². The van der Waals surface area contributed by atoms with E-state index in [2.05, 4.69) is 5.32 Å². The number of carbonyl (C=O) groups is 2. The molecule has 5 nitrogen and oxygen atoms in total. The monoisotopic (exact) mass is 224 g/mol. The van der Waals surface area contributed by atoms with E-state index in [1.165, 1.54) is 31.2 Å². The maximum atomic E-state index is 10.9. The number of carboxylic acid groups (broad SMARTS) is 1. The molecule has 0 unspecified atom stereocenters. The molecule has 0 bridgehead atoms. The van der Waals surface area contributed by atoms with E-state index < -0.39 is 24.3 Å². The fourth-order valence-corrected chi connectivity index (χ4v) is 1.21. The fraction of sp³-hybridized carbons (Fsp3) is 0.273. The van der Waals surface area contributed by atoms with Crippen LogP contribution in [0.15, 0.2) is 24.3 Å². The number of amides is 1. The van der Waals surface area contributed by atoms with Crippen LogP contribution in [0.4, 0.5) is 0 Å². The third kappa shape index (κ3) is 3.61. The first-order chi connectivity index (χ1) is 7.91. The van der Waals surface area contributed by atoms with Crippen molar-refractivity contribution in [3.8, 4) is 5.75 Å². The lowest BCUT2D eigenvalue weighted by Gasteiger charge is -2.13. The zero-order valence-corrected chi connectivity index (χ0v) is 8.68. The first-order valence-electron chi connectivity index (χ1n) is 5.20. The molecule has 1 aromatic rings. The van der Waals surface area contributed by atoms with Gasteiger partial charge in [-0.25, -0.2) is 4.79 Å². The van der Waals surface area contributed by atoms with Gasteiger partial charge in [0, 0.05) is 14.7 Å². The maximum absolute atomic E-state index is 10.9. The zero-order valence-electron chi connectivity index (χ0n) is 9.68. The van der Waals surface area contributed by atoms with Crippen LogP contribution in [-0.2, 0) is 16.0 Å². The molecule has 0 aliphatic heterocycles. The number of nitrogens with one attached hydrogen (secondary N) is 1. The topological polar surface area (TPSA) is 86.6 Å². The quantitative estimate of drug-likeness (QED) is 0.696. The molecule has 0 fully saturated rings. The van der Waals surface area contributed by atoms with Gasteiger partial charge in [-0.2, -0.15) is 0 Å². The van der Waals surface area contributed by atoms with Gasteiger partial charge in [-0.15, -0.1) is 0 Å². The molecule has 0 aliphatic rings. The minimum absolute atomic E-state index is 0.0493. The maximum Gasteiger partial charge on any atom is 0.326 e. The summed E-state index contributed by atoms with van der Waals surface area (Å²) < 4.78 is 7.78. The number of carboxylic acids is 1. The Labute approximate surface area is 94.1 Å². The van der Waals surface area contributed by atoms with Gasteiger partial charge in [0.05, 0.1) is 0 Å². The van der Waals surface area contributed by atoms with Gasteiger partial charge in [0.2, 0.25) is 5.91 Å². The molecule has 16 heavy (non-hydrogen) atoms. The Balaban J connectivity index is 2.95. The molecule has 5 heteroatoms. The second-order valence-electron chi connectivity index (χ2n) is 3.28. The molecule has 0 aromatic heterocycles. The van der Waals surface area contributed by atoms with Crippen LogP contribution in [0.2, 0.25) is 0 Å². The summed E-state index contributed by atoms with van der Waals surface area (Å²) in [7, 11) is 0. The lowest BCUT2D eigenvalue weighted by atomic mass is 10.1. The molecule has 2 atom stereocenters. The van der Waals surface area contributed by atoms with Crippen LogP contribution >= 0.6 is 0 Å². The van der Waals surface area contributed by atoms with Crippen LogP contribution in [0.25, 0.3) is 0 Å². The Morgan fingerprint density at radius 2 is 2.25 bits per heavy atom. The van der Waals surface area contributed by atoms with E-state index in [1.54, 1.807) is 0 Å². The normalized spacial score (nSPS) is 14.7. The first-order valence-corrected chi connectivity index (χ1v) is 4.63. The van der Waals surface area contributed by atoms with E-state index >= 15 is 0 Å². The number of carbonyl (C=O) groups excluding carboxylic acids is 1. The SMILES string of the molecule is [2H][C@H](c1cccc(O)c1)[C@H](NC(C)=O)C(=O)O. The van der Waals surface area contributed by atoms with Gasteiger partial charge in [0.1, 0.15) is 11.8 Å². The van der Waals surface area contributed by atoms with Gasteiger partial charge in [-0.3, -0.25) is 4.79 Å². The van der Waals surface area contributed by atoms with Crippen LogP contribution in [0.5, 0.6) is 5.75 Å². The molecule has 0 radical (unpaired) electrons. The van der Waals surface area contributed by atoms with Crippen molar-refractivity contribution >= 4 is 11.9 Å². The van der Waals surface area contributed by atoms with Crippen LogP contribution < -0.4 is 5.32 Å². The van der Waals surface area contributed by atoms with Crippen molar-refractivity contribution in [1.82, 2.24) is 5.32 Å². The minimum Gasteiger partial charge on any atom is -0.508 e. The molecule has 1 aromatic carbocycles. The van der Waals surface area contributed by atoms with Gasteiger partial charge in [0.25, 0.3) is 0 Å². The van der Waals surface area contributed by atoms with Crippen LogP contribution in [-0.4, -0.2) is 28.1 Å². The predicted octanol–water partition coefficient (Wildman–Crippen LogP) is 0.524. The number of aliphatic carboxylic acids is 1. The molecule has 86 valence electrons. The average Bonchev–Trinajstić information content (AvgIpc) is 2.24. The summed E-state index contributed by atoms with van der Waals surface area (Å²) in [5.41, 5.74) is 0.325. The number of hydrogen-bond donors (Lipinski definition) is 3. The predicted molar refractivity (Wildman–Crippen MR) is 57.1 cm³/mol. The first kappa shape index (κ1) is 10.5. The Morgan fingerprint density at radius 1 is 1.56 bits per heavy atom. The van der Waals surface area contributed by atoms with Gasteiger partial charge in [-0.1, -0.05) is 12.1 Å². The summed E-state index contributed by atoms with van der Waals surface area (Å²) in [4.78, 5) is 21.8. The van der Waals surface area contributed by atoms with Gasteiger partial charge >= 0.3 is 5.97 Å².